The van der Waals surface area contributed by atoms with Gasteiger partial charge >= 0.3 is 30.4 Å². The monoisotopic (exact) mass is 708 g/mol. The average molecular weight is 709 g/mol. The highest BCUT2D eigenvalue weighted by Crippen LogP contribution is 2.51. The lowest BCUT2D eigenvalue weighted by molar-refractivity contribution is 0.286. The molecule has 0 bridgehead atoms. The standard InChI is InChI=1S/C30H32N2O12S3/c1-18-14-19(2)32-27(31-18)17-41-24-13-10-21(15-25(24)43-46(6,35)36)28-26(39-3)16-23(29(40-4)30(28)44-47(7,37)38)20-8-11-22(12-9-20)42-45(5,33)34/h8-16H,17H2,1-7H3. The molecule has 4 aromatic rings. The van der Waals surface area contributed by atoms with Crippen LogP contribution in [0.25, 0.3) is 22.3 Å². The van der Waals surface area contributed by atoms with Gasteiger partial charge in [0.15, 0.2) is 28.8 Å². The summed E-state index contributed by atoms with van der Waals surface area (Å²) in [6, 6.07) is 13.5. The summed E-state index contributed by atoms with van der Waals surface area (Å²) in [5, 5.41) is 0. The molecule has 0 N–H and O–H groups in total. The predicted octanol–water partition coefficient (Wildman–Crippen LogP) is 4.04. The van der Waals surface area contributed by atoms with Crippen molar-refractivity contribution in [3.8, 4) is 56.8 Å². The molecule has 14 nitrogen and oxygen atoms in total. The highest BCUT2D eigenvalue weighted by atomic mass is 32.2. The molecule has 1 aromatic heterocycles. The first-order chi connectivity index (χ1) is 21.9. The van der Waals surface area contributed by atoms with Crippen molar-refractivity contribution in [2.45, 2.75) is 20.5 Å². The van der Waals surface area contributed by atoms with Crippen LogP contribution >= 0.6 is 0 Å². The first kappa shape index (κ1) is 35.2. The van der Waals surface area contributed by atoms with Gasteiger partial charge in [-0.25, -0.2) is 9.97 Å². The van der Waals surface area contributed by atoms with Gasteiger partial charge in [0, 0.05) is 17.0 Å². The Morgan fingerprint density at radius 3 is 1.70 bits per heavy atom. The minimum absolute atomic E-state index is 0.0270. The van der Waals surface area contributed by atoms with Gasteiger partial charge in [-0.1, -0.05) is 18.2 Å². The molecule has 3 aromatic carbocycles. The van der Waals surface area contributed by atoms with Crippen LogP contribution in [0.15, 0.2) is 54.6 Å². The molecule has 0 aliphatic rings. The quantitative estimate of drug-likeness (QED) is 0.181. The van der Waals surface area contributed by atoms with Gasteiger partial charge in [-0.2, -0.15) is 25.3 Å². The average Bonchev–Trinajstić information content (AvgIpc) is 2.93. The number of hydrogen-bond donors (Lipinski definition) is 0. The number of aryl methyl sites for hydroxylation is 2. The molecule has 0 unspecified atom stereocenters. The van der Waals surface area contributed by atoms with Gasteiger partial charge in [-0.15, -0.1) is 0 Å². The van der Waals surface area contributed by atoms with Crippen LogP contribution in [0.4, 0.5) is 0 Å². The molecule has 47 heavy (non-hydrogen) atoms. The zero-order chi connectivity index (χ0) is 34.7. The Labute approximate surface area is 273 Å². The summed E-state index contributed by atoms with van der Waals surface area (Å²) in [7, 11) is -9.36. The van der Waals surface area contributed by atoms with Crippen molar-refractivity contribution in [2.24, 2.45) is 0 Å². The number of methoxy groups -OCH3 is 2. The SMILES string of the molecule is COc1cc(-c2ccc(OS(C)(=O)=O)cc2)c(OC)c(OS(C)(=O)=O)c1-c1ccc(OCc2nc(C)cc(C)n2)c(OS(C)(=O)=O)c1. The van der Waals surface area contributed by atoms with Gasteiger partial charge in [-0.3, -0.25) is 0 Å². The van der Waals surface area contributed by atoms with Crippen LogP contribution in [0.5, 0.6) is 34.5 Å². The molecule has 0 aliphatic carbocycles. The maximum Gasteiger partial charge on any atom is 0.306 e. The third-order valence-corrected chi connectivity index (χ3v) is 7.58. The molecule has 0 amide bonds. The van der Waals surface area contributed by atoms with Gasteiger partial charge in [0.1, 0.15) is 18.1 Å². The van der Waals surface area contributed by atoms with E-state index in [-0.39, 0.29) is 52.2 Å². The Morgan fingerprint density at radius 1 is 0.596 bits per heavy atom. The lowest BCUT2D eigenvalue weighted by atomic mass is 9.96. The third-order valence-electron chi connectivity index (χ3n) is 6.13. The summed E-state index contributed by atoms with van der Waals surface area (Å²) < 4.78 is 105. The summed E-state index contributed by atoms with van der Waals surface area (Å²) in [6.07, 6.45) is 2.61. The number of rotatable bonds is 13. The van der Waals surface area contributed by atoms with Crippen LogP contribution in [-0.2, 0) is 37.0 Å². The van der Waals surface area contributed by atoms with Crippen molar-refractivity contribution in [3.05, 3.63) is 71.8 Å². The Hall–Kier alpha value is -4.61. The van der Waals surface area contributed by atoms with E-state index in [1.165, 1.54) is 56.7 Å². The van der Waals surface area contributed by atoms with E-state index in [2.05, 4.69) is 9.97 Å². The Kier molecular flexibility index (Phi) is 10.2. The predicted molar refractivity (Wildman–Crippen MR) is 173 cm³/mol. The molecule has 0 atom stereocenters. The maximum atomic E-state index is 12.5. The minimum Gasteiger partial charge on any atom is -0.496 e. The molecule has 1 heterocycles. The van der Waals surface area contributed by atoms with E-state index in [0.717, 1.165) is 30.2 Å². The maximum absolute atomic E-state index is 12.5. The van der Waals surface area contributed by atoms with Crippen molar-refractivity contribution in [2.75, 3.05) is 33.0 Å². The number of benzene rings is 3. The van der Waals surface area contributed by atoms with Crippen molar-refractivity contribution in [1.29, 1.82) is 0 Å². The Morgan fingerprint density at radius 2 is 1.17 bits per heavy atom. The first-order valence-corrected chi connectivity index (χ1v) is 19.0. The van der Waals surface area contributed by atoms with E-state index in [9.17, 15) is 25.3 Å². The van der Waals surface area contributed by atoms with Crippen LogP contribution in [0.1, 0.15) is 17.2 Å². The smallest absolute Gasteiger partial charge is 0.306 e. The Bertz CT molecular complexity index is 2110. The molecule has 0 spiro atoms. The van der Waals surface area contributed by atoms with Gasteiger partial charge in [0.05, 0.1) is 38.6 Å². The van der Waals surface area contributed by atoms with Crippen molar-refractivity contribution < 1.29 is 52.0 Å². The highest BCUT2D eigenvalue weighted by molar-refractivity contribution is 7.86. The normalized spacial score (nSPS) is 11.9. The van der Waals surface area contributed by atoms with E-state index in [4.69, 9.17) is 26.8 Å². The van der Waals surface area contributed by atoms with Crippen LogP contribution in [0, 0.1) is 13.8 Å². The van der Waals surface area contributed by atoms with E-state index >= 15 is 0 Å². The van der Waals surface area contributed by atoms with Crippen LogP contribution in [-0.4, -0.2) is 68.2 Å². The Balaban J connectivity index is 1.90. The lowest BCUT2D eigenvalue weighted by Gasteiger charge is -2.21. The summed E-state index contributed by atoms with van der Waals surface area (Å²) in [6.45, 7) is 3.50. The molecule has 4 rings (SSSR count). The largest absolute Gasteiger partial charge is 0.496 e. The zero-order valence-corrected chi connectivity index (χ0v) is 28.9. The van der Waals surface area contributed by atoms with Crippen LogP contribution in [0.3, 0.4) is 0 Å². The fourth-order valence-electron chi connectivity index (χ4n) is 4.58. The summed E-state index contributed by atoms with van der Waals surface area (Å²) in [5.41, 5.74) is 2.53. The first-order valence-electron chi connectivity index (χ1n) is 13.5. The number of aromatic nitrogens is 2. The number of ether oxygens (including phenoxy) is 3. The van der Waals surface area contributed by atoms with E-state index in [1.807, 2.05) is 0 Å². The second-order valence-electron chi connectivity index (χ2n) is 10.3. The molecular formula is C30H32N2O12S3. The molecule has 0 saturated heterocycles. The van der Waals surface area contributed by atoms with Gasteiger partial charge in [0.25, 0.3) is 0 Å². The topological polar surface area (TPSA) is 184 Å². The van der Waals surface area contributed by atoms with E-state index < -0.39 is 30.4 Å². The summed E-state index contributed by atoms with van der Waals surface area (Å²) in [4.78, 5) is 8.65. The highest BCUT2D eigenvalue weighted by Gasteiger charge is 2.27. The van der Waals surface area contributed by atoms with Crippen LogP contribution < -0.4 is 26.8 Å². The lowest BCUT2D eigenvalue weighted by Crippen LogP contribution is -2.10. The van der Waals surface area contributed by atoms with Crippen LogP contribution in [0.2, 0.25) is 0 Å². The fourth-order valence-corrected chi connectivity index (χ4v) is 5.96. The number of hydrogen-bond acceptors (Lipinski definition) is 14. The third kappa shape index (κ3) is 9.46. The molecule has 0 radical (unpaired) electrons. The minimum atomic E-state index is -4.17. The zero-order valence-electron chi connectivity index (χ0n) is 26.4. The second-order valence-corrected chi connectivity index (χ2v) is 15.0. The molecule has 252 valence electrons. The van der Waals surface area contributed by atoms with Crippen molar-refractivity contribution in [1.82, 2.24) is 9.97 Å². The fraction of sp³-hybridized carbons (Fsp3) is 0.267. The molecule has 0 saturated carbocycles. The van der Waals surface area contributed by atoms with Gasteiger partial charge in [-0.05, 0) is 61.4 Å². The molecule has 0 fully saturated rings. The van der Waals surface area contributed by atoms with E-state index in [0.29, 0.717) is 17.0 Å². The van der Waals surface area contributed by atoms with Crippen molar-refractivity contribution >= 4 is 30.4 Å². The van der Waals surface area contributed by atoms with Crippen molar-refractivity contribution in [3.63, 3.8) is 0 Å². The second kappa shape index (κ2) is 13.6. The molecular weight excluding hydrogens is 677 g/mol. The summed E-state index contributed by atoms with van der Waals surface area (Å²) in [5.74, 6) is 0.0374. The van der Waals surface area contributed by atoms with Gasteiger partial charge < -0.3 is 26.8 Å². The summed E-state index contributed by atoms with van der Waals surface area (Å²) >= 11 is 0. The molecule has 0 aliphatic heterocycles. The number of nitrogens with zero attached hydrogens (tertiary/aromatic N) is 2. The van der Waals surface area contributed by atoms with Gasteiger partial charge in [0.2, 0.25) is 0 Å². The molecule has 17 heteroatoms. The van der Waals surface area contributed by atoms with E-state index in [1.54, 1.807) is 26.0 Å².